The average Bonchev–Trinajstić information content (AvgIpc) is 2.33. The molecule has 1 aliphatic rings. The monoisotopic (exact) mass is 240 g/mol. The van der Waals surface area contributed by atoms with Crippen molar-refractivity contribution >= 4 is 11.6 Å². The number of rotatable bonds is 3. The molecule has 1 aromatic rings. The number of halogens is 1. The van der Waals surface area contributed by atoms with E-state index >= 15 is 0 Å². The normalized spacial score (nSPS) is 20.8. The van der Waals surface area contributed by atoms with E-state index in [9.17, 15) is 0 Å². The highest BCUT2D eigenvalue weighted by atomic mass is 35.5. The van der Waals surface area contributed by atoms with E-state index in [1.165, 1.54) is 12.8 Å². The molecule has 0 saturated carbocycles. The van der Waals surface area contributed by atoms with Crippen molar-refractivity contribution in [1.29, 1.82) is 0 Å². The van der Waals surface area contributed by atoms with Crippen LogP contribution in [0.4, 0.5) is 0 Å². The van der Waals surface area contributed by atoms with Crippen molar-refractivity contribution in [2.75, 3.05) is 20.2 Å². The van der Waals surface area contributed by atoms with Crippen molar-refractivity contribution < 1.29 is 4.74 Å². The molecule has 2 rings (SSSR count). The lowest BCUT2D eigenvalue weighted by atomic mass is 9.93. The summed E-state index contributed by atoms with van der Waals surface area (Å²) in [6.07, 6.45) is 3.55. The van der Waals surface area contributed by atoms with Crippen LogP contribution in [-0.2, 0) is 6.42 Å². The lowest BCUT2D eigenvalue weighted by Crippen LogP contribution is -2.30. The van der Waals surface area contributed by atoms with Crippen molar-refractivity contribution in [3.05, 3.63) is 22.8 Å². The maximum atomic E-state index is 5.83. The molecule has 1 aliphatic heterocycles. The largest absolute Gasteiger partial charge is 0.481 e. The molecular weight excluding hydrogens is 224 g/mol. The Morgan fingerprint density at radius 2 is 2.44 bits per heavy atom. The second kappa shape index (κ2) is 5.51. The van der Waals surface area contributed by atoms with Gasteiger partial charge in [0.05, 0.1) is 7.11 Å². The Labute approximate surface area is 101 Å². The van der Waals surface area contributed by atoms with Crippen molar-refractivity contribution in [1.82, 2.24) is 10.3 Å². The van der Waals surface area contributed by atoms with Crippen molar-refractivity contribution in [3.8, 4) is 5.88 Å². The highest BCUT2D eigenvalue weighted by Gasteiger charge is 2.16. The molecular formula is C12H17ClN2O. The maximum Gasteiger partial charge on any atom is 0.217 e. The summed E-state index contributed by atoms with van der Waals surface area (Å²) < 4.78 is 5.25. The molecule has 0 aliphatic carbocycles. The topological polar surface area (TPSA) is 34.1 Å². The number of aromatic nitrogens is 1. The molecule has 1 saturated heterocycles. The summed E-state index contributed by atoms with van der Waals surface area (Å²) in [5, 5.41) is 3.90. The van der Waals surface area contributed by atoms with Crippen LogP contribution in [-0.4, -0.2) is 25.2 Å². The quantitative estimate of drug-likeness (QED) is 0.824. The summed E-state index contributed by atoms with van der Waals surface area (Å²) in [4.78, 5) is 4.18. The van der Waals surface area contributed by atoms with Gasteiger partial charge in [-0.15, -0.1) is 0 Å². The molecule has 1 N–H and O–H groups in total. The lowest BCUT2D eigenvalue weighted by molar-refractivity contribution is 0.358. The van der Waals surface area contributed by atoms with Gasteiger partial charge in [0, 0.05) is 5.56 Å². The molecule has 1 aromatic heterocycles. The van der Waals surface area contributed by atoms with E-state index in [4.69, 9.17) is 16.3 Å². The van der Waals surface area contributed by atoms with Gasteiger partial charge in [-0.25, -0.2) is 4.98 Å². The highest BCUT2D eigenvalue weighted by molar-refractivity contribution is 6.29. The van der Waals surface area contributed by atoms with Crippen LogP contribution in [0.15, 0.2) is 12.1 Å². The van der Waals surface area contributed by atoms with Gasteiger partial charge in [0.1, 0.15) is 5.15 Å². The molecule has 2 heterocycles. The van der Waals surface area contributed by atoms with E-state index < -0.39 is 0 Å². The van der Waals surface area contributed by atoms with Crippen LogP contribution in [0.3, 0.4) is 0 Å². The molecule has 88 valence electrons. The summed E-state index contributed by atoms with van der Waals surface area (Å²) >= 11 is 5.83. The summed E-state index contributed by atoms with van der Waals surface area (Å²) in [6.45, 7) is 2.23. The van der Waals surface area contributed by atoms with Crippen LogP contribution in [0, 0.1) is 5.92 Å². The molecule has 4 heteroatoms. The Bertz CT molecular complexity index is 351. The predicted molar refractivity (Wildman–Crippen MR) is 65.1 cm³/mol. The summed E-state index contributed by atoms with van der Waals surface area (Å²) in [5.74, 6) is 1.35. The maximum absolute atomic E-state index is 5.83. The molecule has 1 fully saturated rings. The molecule has 0 spiro atoms. The molecule has 0 radical (unpaired) electrons. The predicted octanol–water partition coefficient (Wildman–Crippen LogP) is 2.29. The Hall–Kier alpha value is -0.800. The van der Waals surface area contributed by atoms with E-state index in [-0.39, 0.29) is 0 Å². The minimum absolute atomic E-state index is 0.488. The summed E-state index contributed by atoms with van der Waals surface area (Å²) in [5.41, 5.74) is 1.15. The summed E-state index contributed by atoms with van der Waals surface area (Å²) in [7, 11) is 1.64. The summed E-state index contributed by atoms with van der Waals surface area (Å²) in [6, 6.07) is 3.85. The van der Waals surface area contributed by atoms with Crippen molar-refractivity contribution in [2.24, 2.45) is 5.92 Å². The van der Waals surface area contributed by atoms with Gasteiger partial charge in [-0.05, 0) is 44.3 Å². The number of hydrogen-bond donors (Lipinski definition) is 1. The molecule has 1 unspecified atom stereocenters. The van der Waals surface area contributed by atoms with Gasteiger partial charge in [-0.1, -0.05) is 17.7 Å². The Morgan fingerprint density at radius 3 is 3.12 bits per heavy atom. The zero-order valence-corrected chi connectivity index (χ0v) is 10.3. The number of piperidine rings is 1. The fraction of sp³-hybridized carbons (Fsp3) is 0.583. The van der Waals surface area contributed by atoms with Gasteiger partial charge in [-0.3, -0.25) is 0 Å². The van der Waals surface area contributed by atoms with Crippen LogP contribution in [0.5, 0.6) is 5.88 Å². The molecule has 0 amide bonds. The van der Waals surface area contributed by atoms with E-state index in [1.54, 1.807) is 7.11 Å². The first-order valence-corrected chi connectivity index (χ1v) is 6.07. The Morgan fingerprint density at radius 1 is 1.56 bits per heavy atom. The van der Waals surface area contributed by atoms with Crippen molar-refractivity contribution in [3.63, 3.8) is 0 Å². The van der Waals surface area contributed by atoms with Gasteiger partial charge in [-0.2, -0.15) is 0 Å². The van der Waals surface area contributed by atoms with Gasteiger partial charge >= 0.3 is 0 Å². The minimum Gasteiger partial charge on any atom is -0.481 e. The van der Waals surface area contributed by atoms with E-state index in [0.29, 0.717) is 17.0 Å². The third-order valence-corrected chi connectivity index (χ3v) is 3.22. The number of hydrogen-bond acceptors (Lipinski definition) is 3. The van der Waals surface area contributed by atoms with Gasteiger partial charge in [0.25, 0.3) is 0 Å². The molecule has 0 bridgehead atoms. The number of ether oxygens (including phenoxy) is 1. The van der Waals surface area contributed by atoms with Gasteiger partial charge in [0.2, 0.25) is 5.88 Å². The SMILES string of the molecule is COc1nc(Cl)ccc1CC1CCCNC1. The second-order valence-electron chi connectivity index (χ2n) is 4.22. The number of nitrogens with zero attached hydrogens (tertiary/aromatic N) is 1. The Kier molecular flexibility index (Phi) is 4.02. The van der Waals surface area contributed by atoms with Crippen LogP contribution >= 0.6 is 11.6 Å². The zero-order chi connectivity index (χ0) is 11.4. The first-order valence-electron chi connectivity index (χ1n) is 5.69. The molecule has 1 atom stereocenters. The first-order chi connectivity index (χ1) is 7.79. The van der Waals surface area contributed by atoms with Crippen molar-refractivity contribution in [2.45, 2.75) is 19.3 Å². The molecule has 16 heavy (non-hydrogen) atoms. The zero-order valence-electron chi connectivity index (χ0n) is 9.50. The fourth-order valence-electron chi connectivity index (χ4n) is 2.19. The van der Waals surface area contributed by atoms with Crippen LogP contribution in [0.1, 0.15) is 18.4 Å². The van der Waals surface area contributed by atoms with Crippen LogP contribution in [0.2, 0.25) is 5.15 Å². The lowest BCUT2D eigenvalue weighted by Gasteiger charge is -2.23. The van der Waals surface area contributed by atoms with Gasteiger partial charge < -0.3 is 10.1 Å². The van der Waals surface area contributed by atoms with Crippen LogP contribution < -0.4 is 10.1 Å². The number of pyridine rings is 1. The smallest absolute Gasteiger partial charge is 0.217 e. The number of methoxy groups -OCH3 is 1. The molecule has 0 aromatic carbocycles. The van der Waals surface area contributed by atoms with Crippen LogP contribution in [0.25, 0.3) is 0 Å². The average molecular weight is 241 g/mol. The molecule has 3 nitrogen and oxygen atoms in total. The number of nitrogens with one attached hydrogen (secondary N) is 1. The standard InChI is InChI=1S/C12H17ClN2O/c1-16-12-10(4-5-11(13)15-12)7-9-3-2-6-14-8-9/h4-5,9,14H,2-3,6-8H2,1H3. The Balaban J connectivity index is 2.07. The highest BCUT2D eigenvalue weighted by Crippen LogP contribution is 2.24. The van der Waals surface area contributed by atoms with E-state index in [0.717, 1.165) is 25.1 Å². The third kappa shape index (κ3) is 2.86. The van der Waals surface area contributed by atoms with E-state index in [2.05, 4.69) is 10.3 Å². The third-order valence-electron chi connectivity index (χ3n) is 3.01. The van der Waals surface area contributed by atoms with E-state index in [1.807, 2.05) is 12.1 Å². The minimum atomic E-state index is 0.488. The fourth-order valence-corrected chi connectivity index (χ4v) is 2.33. The second-order valence-corrected chi connectivity index (χ2v) is 4.61. The first kappa shape index (κ1) is 11.7. The van der Waals surface area contributed by atoms with Gasteiger partial charge in [0.15, 0.2) is 0 Å².